The molecule has 0 aliphatic rings. The molecule has 4 heteroatoms. The standard InChI is InChI=1S/C18H30N2O2/c1-3-5-6-7-8-9-11-14-15(19)12-13-16(18(14)22)20-17(21)10-4-2/h12-13,22H,3-11,19H2,1-2H3,(H,20,21). The zero-order valence-corrected chi connectivity index (χ0v) is 14.0. The van der Waals surface area contributed by atoms with Gasteiger partial charge in [0.05, 0.1) is 5.69 Å². The zero-order chi connectivity index (χ0) is 16.4. The van der Waals surface area contributed by atoms with Crippen molar-refractivity contribution in [1.82, 2.24) is 0 Å². The molecule has 4 nitrogen and oxygen atoms in total. The minimum Gasteiger partial charge on any atom is -0.505 e. The molecule has 1 aromatic rings. The Morgan fingerprint density at radius 3 is 2.45 bits per heavy atom. The summed E-state index contributed by atoms with van der Waals surface area (Å²) in [4.78, 5) is 11.7. The third-order valence-corrected chi connectivity index (χ3v) is 3.85. The topological polar surface area (TPSA) is 75.3 Å². The van der Waals surface area contributed by atoms with Crippen LogP contribution in [-0.2, 0) is 11.2 Å². The van der Waals surface area contributed by atoms with Crippen molar-refractivity contribution >= 4 is 17.3 Å². The van der Waals surface area contributed by atoms with Gasteiger partial charge in [-0.25, -0.2) is 0 Å². The minimum atomic E-state index is -0.0758. The van der Waals surface area contributed by atoms with Gasteiger partial charge in [0.25, 0.3) is 0 Å². The SMILES string of the molecule is CCCCCCCCc1c(N)ccc(NC(=O)CCC)c1O. The number of nitrogen functional groups attached to an aromatic ring is 1. The lowest BCUT2D eigenvalue weighted by Gasteiger charge is -2.13. The Hall–Kier alpha value is -1.71. The van der Waals surface area contributed by atoms with Crippen LogP contribution in [0.25, 0.3) is 0 Å². The summed E-state index contributed by atoms with van der Waals surface area (Å²) in [6.45, 7) is 4.16. The van der Waals surface area contributed by atoms with Gasteiger partial charge in [-0.3, -0.25) is 4.79 Å². The molecular formula is C18H30N2O2. The highest BCUT2D eigenvalue weighted by atomic mass is 16.3. The van der Waals surface area contributed by atoms with Crippen LogP contribution < -0.4 is 11.1 Å². The predicted octanol–water partition coefficient (Wildman–Crippen LogP) is 4.62. The fraction of sp³-hybridized carbons (Fsp3) is 0.611. The highest BCUT2D eigenvalue weighted by molar-refractivity contribution is 5.93. The smallest absolute Gasteiger partial charge is 0.224 e. The van der Waals surface area contributed by atoms with Crippen LogP contribution in [0.4, 0.5) is 11.4 Å². The fourth-order valence-corrected chi connectivity index (χ4v) is 2.54. The van der Waals surface area contributed by atoms with Gasteiger partial charge in [0.1, 0.15) is 5.75 Å². The maximum Gasteiger partial charge on any atom is 0.224 e. The van der Waals surface area contributed by atoms with E-state index in [0.29, 0.717) is 17.8 Å². The van der Waals surface area contributed by atoms with Crippen LogP contribution in [0, 0.1) is 0 Å². The van der Waals surface area contributed by atoms with Gasteiger partial charge in [-0.15, -0.1) is 0 Å². The van der Waals surface area contributed by atoms with Gasteiger partial charge >= 0.3 is 0 Å². The Balaban J connectivity index is 2.60. The van der Waals surface area contributed by atoms with E-state index in [2.05, 4.69) is 12.2 Å². The summed E-state index contributed by atoms with van der Waals surface area (Å²) in [6.07, 6.45) is 9.16. The molecule has 22 heavy (non-hydrogen) atoms. The summed E-state index contributed by atoms with van der Waals surface area (Å²) in [5.41, 5.74) is 7.79. The number of nitrogens with one attached hydrogen (secondary N) is 1. The van der Waals surface area contributed by atoms with Gasteiger partial charge in [-0.1, -0.05) is 46.0 Å². The number of anilines is 2. The maximum absolute atomic E-state index is 11.7. The van der Waals surface area contributed by atoms with E-state index >= 15 is 0 Å². The molecule has 0 radical (unpaired) electrons. The second-order valence-corrected chi connectivity index (χ2v) is 5.85. The molecule has 4 N–H and O–H groups in total. The molecule has 0 aliphatic heterocycles. The molecule has 1 amide bonds. The Morgan fingerprint density at radius 2 is 1.77 bits per heavy atom. The summed E-state index contributed by atoms with van der Waals surface area (Å²) in [5.74, 6) is 0.0473. The first kappa shape index (κ1) is 18.3. The van der Waals surface area contributed by atoms with E-state index in [1.54, 1.807) is 12.1 Å². The van der Waals surface area contributed by atoms with Gasteiger partial charge in [0.15, 0.2) is 0 Å². The molecule has 0 unspecified atom stereocenters. The van der Waals surface area contributed by atoms with E-state index in [4.69, 9.17) is 5.73 Å². The summed E-state index contributed by atoms with van der Waals surface area (Å²) in [6, 6.07) is 3.43. The zero-order valence-electron chi connectivity index (χ0n) is 14.0. The molecule has 124 valence electrons. The number of rotatable bonds is 10. The van der Waals surface area contributed by atoms with Crippen LogP contribution in [0.2, 0.25) is 0 Å². The van der Waals surface area contributed by atoms with Crippen LogP contribution in [-0.4, -0.2) is 11.0 Å². The molecule has 1 rings (SSSR count). The van der Waals surface area contributed by atoms with Crippen LogP contribution in [0.1, 0.15) is 70.8 Å². The molecule has 0 bridgehead atoms. The Morgan fingerprint density at radius 1 is 1.09 bits per heavy atom. The van der Waals surface area contributed by atoms with E-state index in [1.807, 2.05) is 6.92 Å². The van der Waals surface area contributed by atoms with E-state index in [9.17, 15) is 9.90 Å². The highest BCUT2D eigenvalue weighted by Crippen LogP contribution is 2.33. The number of hydrogen-bond acceptors (Lipinski definition) is 3. The molecule has 0 aliphatic carbocycles. The molecule has 0 heterocycles. The number of carbonyl (C=O) groups is 1. The normalized spacial score (nSPS) is 10.6. The number of unbranched alkanes of at least 4 members (excludes halogenated alkanes) is 5. The van der Waals surface area contributed by atoms with Crippen molar-refractivity contribution in [2.24, 2.45) is 0 Å². The largest absolute Gasteiger partial charge is 0.505 e. The van der Waals surface area contributed by atoms with E-state index in [0.717, 1.165) is 31.2 Å². The molecule has 0 fully saturated rings. The van der Waals surface area contributed by atoms with Crippen molar-refractivity contribution in [2.75, 3.05) is 11.1 Å². The monoisotopic (exact) mass is 306 g/mol. The average Bonchev–Trinajstić information content (AvgIpc) is 2.49. The third kappa shape index (κ3) is 5.96. The maximum atomic E-state index is 11.7. The lowest BCUT2D eigenvalue weighted by Crippen LogP contribution is -2.11. The predicted molar refractivity (Wildman–Crippen MR) is 93.1 cm³/mol. The number of phenols is 1. The fourth-order valence-electron chi connectivity index (χ4n) is 2.54. The van der Waals surface area contributed by atoms with Crippen molar-refractivity contribution in [1.29, 1.82) is 0 Å². The number of phenolic OH excluding ortho intramolecular Hbond substituents is 1. The molecule has 0 spiro atoms. The van der Waals surface area contributed by atoms with Crippen LogP contribution in [0.3, 0.4) is 0 Å². The van der Waals surface area contributed by atoms with Gasteiger partial charge in [-0.05, 0) is 31.4 Å². The van der Waals surface area contributed by atoms with Gasteiger partial charge in [0, 0.05) is 17.7 Å². The number of hydrogen-bond donors (Lipinski definition) is 3. The summed E-state index contributed by atoms with van der Waals surface area (Å²) in [7, 11) is 0. The third-order valence-electron chi connectivity index (χ3n) is 3.85. The summed E-state index contributed by atoms with van der Waals surface area (Å²) >= 11 is 0. The van der Waals surface area contributed by atoms with Crippen molar-refractivity contribution in [2.45, 2.75) is 71.6 Å². The van der Waals surface area contributed by atoms with Gasteiger partial charge in [-0.2, -0.15) is 0 Å². The minimum absolute atomic E-state index is 0.0758. The first-order valence-corrected chi connectivity index (χ1v) is 8.50. The summed E-state index contributed by atoms with van der Waals surface area (Å²) in [5, 5.41) is 13.1. The molecule has 1 aromatic carbocycles. The lowest BCUT2D eigenvalue weighted by atomic mass is 10.0. The Labute approximate surface area is 134 Å². The number of benzene rings is 1. The first-order valence-electron chi connectivity index (χ1n) is 8.50. The van der Waals surface area contributed by atoms with Gasteiger partial charge < -0.3 is 16.2 Å². The second-order valence-electron chi connectivity index (χ2n) is 5.85. The number of amides is 1. The lowest BCUT2D eigenvalue weighted by molar-refractivity contribution is -0.116. The molecule has 0 atom stereocenters. The van der Waals surface area contributed by atoms with Crippen molar-refractivity contribution < 1.29 is 9.90 Å². The van der Waals surface area contributed by atoms with Crippen molar-refractivity contribution in [3.8, 4) is 5.75 Å². The number of nitrogens with two attached hydrogens (primary N) is 1. The van der Waals surface area contributed by atoms with Crippen LogP contribution in [0.5, 0.6) is 5.75 Å². The van der Waals surface area contributed by atoms with E-state index < -0.39 is 0 Å². The first-order chi connectivity index (χ1) is 10.6. The number of aromatic hydroxyl groups is 1. The quantitative estimate of drug-likeness (QED) is 0.335. The van der Waals surface area contributed by atoms with E-state index in [-0.39, 0.29) is 11.7 Å². The van der Waals surface area contributed by atoms with Crippen LogP contribution in [0.15, 0.2) is 12.1 Å². The van der Waals surface area contributed by atoms with Gasteiger partial charge in [0.2, 0.25) is 5.91 Å². The van der Waals surface area contributed by atoms with Crippen molar-refractivity contribution in [3.63, 3.8) is 0 Å². The Bertz CT molecular complexity index is 472. The molecule has 0 aromatic heterocycles. The Kier molecular flexibility index (Phi) is 8.41. The van der Waals surface area contributed by atoms with E-state index in [1.165, 1.54) is 25.7 Å². The highest BCUT2D eigenvalue weighted by Gasteiger charge is 2.12. The van der Waals surface area contributed by atoms with Crippen LogP contribution >= 0.6 is 0 Å². The molecular weight excluding hydrogens is 276 g/mol. The summed E-state index contributed by atoms with van der Waals surface area (Å²) < 4.78 is 0. The molecule has 0 saturated heterocycles. The van der Waals surface area contributed by atoms with Crippen molar-refractivity contribution in [3.05, 3.63) is 17.7 Å². The average molecular weight is 306 g/mol. The second kappa shape index (κ2) is 10.1. The molecule has 0 saturated carbocycles. The number of carbonyl (C=O) groups excluding carboxylic acids is 1.